The zero-order valence-electron chi connectivity index (χ0n) is 21.6. The summed E-state index contributed by atoms with van der Waals surface area (Å²) in [5.41, 5.74) is 2.37. The molecule has 202 valence electrons. The average Bonchev–Trinajstić information content (AvgIpc) is 3.58. The van der Waals surface area contributed by atoms with Crippen LogP contribution in [0.4, 0.5) is 21.3 Å². The van der Waals surface area contributed by atoms with E-state index in [4.69, 9.17) is 0 Å². The summed E-state index contributed by atoms with van der Waals surface area (Å²) in [6.45, 7) is 6.54. The fourth-order valence-corrected chi connectivity index (χ4v) is 6.93. The third kappa shape index (κ3) is 4.97. The number of thiazole rings is 2. The Balaban J connectivity index is 1.12. The number of hydrogen-bond donors (Lipinski definition) is 2. The van der Waals surface area contributed by atoms with Crippen LogP contribution < -0.4 is 10.2 Å². The highest BCUT2D eigenvalue weighted by atomic mass is 32.1. The van der Waals surface area contributed by atoms with Gasteiger partial charge in [-0.15, -0.1) is 22.7 Å². The first-order valence-electron chi connectivity index (χ1n) is 12.7. The van der Waals surface area contributed by atoms with Crippen molar-refractivity contribution in [1.29, 1.82) is 0 Å². The minimum absolute atomic E-state index is 0.00900. The lowest BCUT2D eigenvalue weighted by molar-refractivity contribution is 0.0640. The quantitative estimate of drug-likeness (QED) is 0.348. The van der Waals surface area contributed by atoms with Crippen molar-refractivity contribution < 1.29 is 14.3 Å². The van der Waals surface area contributed by atoms with Crippen LogP contribution in [0.2, 0.25) is 0 Å². The summed E-state index contributed by atoms with van der Waals surface area (Å²) in [5, 5.41) is 16.8. The molecule has 39 heavy (non-hydrogen) atoms. The van der Waals surface area contributed by atoms with Gasteiger partial charge in [0.15, 0.2) is 10.9 Å². The first-order valence-corrected chi connectivity index (χ1v) is 14.4. The van der Waals surface area contributed by atoms with Crippen LogP contribution in [0.15, 0.2) is 29.9 Å². The van der Waals surface area contributed by atoms with Crippen LogP contribution in [0, 0.1) is 19.7 Å². The second-order valence-electron chi connectivity index (χ2n) is 9.82. The average molecular weight is 567 g/mol. The normalized spacial score (nSPS) is 19.4. The zero-order valence-corrected chi connectivity index (χ0v) is 23.3. The van der Waals surface area contributed by atoms with Crippen LogP contribution in [0.5, 0.6) is 0 Å². The number of piperazine rings is 1. The van der Waals surface area contributed by atoms with Gasteiger partial charge in [-0.1, -0.05) is 0 Å². The number of carbonyl (C=O) groups excluding carboxylic acids is 1. The number of nitrogens with one attached hydrogen (secondary N) is 1. The van der Waals surface area contributed by atoms with Crippen molar-refractivity contribution in [2.45, 2.75) is 51.8 Å². The van der Waals surface area contributed by atoms with E-state index in [-0.39, 0.29) is 23.7 Å². The summed E-state index contributed by atoms with van der Waals surface area (Å²) in [7, 11) is 0. The van der Waals surface area contributed by atoms with E-state index in [1.54, 1.807) is 29.7 Å². The molecule has 13 heteroatoms. The van der Waals surface area contributed by atoms with Gasteiger partial charge in [0.05, 0.1) is 51.2 Å². The Kier molecular flexibility index (Phi) is 6.73. The number of pyridine rings is 1. The van der Waals surface area contributed by atoms with Gasteiger partial charge in [-0.05, 0) is 45.7 Å². The summed E-state index contributed by atoms with van der Waals surface area (Å²) >= 11 is 3.12. The number of carbonyl (C=O) groups is 1. The van der Waals surface area contributed by atoms with E-state index in [0.717, 1.165) is 45.4 Å². The summed E-state index contributed by atoms with van der Waals surface area (Å²) in [4.78, 5) is 40.5. The summed E-state index contributed by atoms with van der Waals surface area (Å²) in [5.74, 6) is 0.300. The van der Waals surface area contributed by atoms with E-state index >= 15 is 0 Å². The lowest BCUT2D eigenvalue weighted by Crippen LogP contribution is -2.56. The van der Waals surface area contributed by atoms with Crippen LogP contribution in [-0.4, -0.2) is 66.0 Å². The van der Waals surface area contributed by atoms with Crippen molar-refractivity contribution >= 4 is 45.5 Å². The van der Waals surface area contributed by atoms with Gasteiger partial charge in [0.25, 0.3) is 5.91 Å². The van der Waals surface area contributed by atoms with Crippen molar-refractivity contribution in [3.63, 3.8) is 0 Å². The molecule has 10 nitrogen and oxygen atoms in total. The fraction of sp³-hybridized carbons (Fsp3) is 0.385. The maximum atomic E-state index is 14.0. The number of halogens is 1. The van der Waals surface area contributed by atoms with Crippen molar-refractivity contribution in [3.05, 3.63) is 57.7 Å². The van der Waals surface area contributed by atoms with E-state index in [1.807, 2.05) is 29.0 Å². The van der Waals surface area contributed by atoms with Crippen LogP contribution >= 0.6 is 22.7 Å². The number of anilines is 3. The number of hydrogen-bond acceptors (Lipinski definition) is 11. The molecular weight excluding hydrogens is 539 g/mol. The summed E-state index contributed by atoms with van der Waals surface area (Å²) < 4.78 is 14.0. The van der Waals surface area contributed by atoms with E-state index in [2.05, 4.69) is 30.2 Å². The van der Waals surface area contributed by atoms with Crippen molar-refractivity contribution in [1.82, 2.24) is 29.8 Å². The van der Waals surface area contributed by atoms with E-state index < -0.39 is 11.9 Å². The molecule has 4 aromatic rings. The van der Waals surface area contributed by atoms with Gasteiger partial charge >= 0.3 is 0 Å². The Labute approximate surface area is 232 Å². The number of aryl methyl sites for hydroxylation is 2. The fourth-order valence-electron chi connectivity index (χ4n) is 5.27. The molecule has 4 aromatic heterocycles. The highest BCUT2D eigenvalue weighted by Gasteiger charge is 2.43. The molecule has 2 aliphatic heterocycles. The molecule has 2 bridgehead atoms. The monoisotopic (exact) mass is 566 g/mol. The first kappa shape index (κ1) is 25.7. The molecule has 0 aliphatic carbocycles. The molecule has 6 heterocycles. The lowest BCUT2D eigenvalue weighted by atomic mass is 10.1. The van der Waals surface area contributed by atoms with Gasteiger partial charge in [0, 0.05) is 24.7 Å². The second kappa shape index (κ2) is 10.2. The highest BCUT2D eigenvalue weighted by molar-refractivity contribution is 7.16. The molecule has 6 rings (SSSR count). The van der Waals surface area contributed by atoms with Gasteiger partial charge in [0.2, 0.25) is 5.95 Å². The smallest absolute Gasteiger partial charge is 0.256 e. The van der Waals surface area contributed by atoms with Crippen molar-refractivity contribution in [2.24, 2.45) is 0 Å². The van der Waals surface area contributed by atoms with E-state index in [0.29, 0.717) is 30.4 Å². The Bertz CT molecular complexity index is 1510. The summed E-state index contributed by atoms with van der Waals surface area (Å²) in [6.07, 6.45) is 3.41. The lowest BCUT2D eigenvalue weighted by Gasteiger charge is -2.41. The summed E-state index contributed by atoms with van der Waals surface area (Å²) in [6, 6.07) is 3.56. The van der Waals surface area contributed by atoms with E-state index in [9.17, 15) is 14.3 Å². The molecular formula is C26H27FN8O2S2. The largest absolute Gasteiger partial charge is 0.387 e. The number of aliphatic hydroxyl groups excluding tert-OH is 1. The zero-order chi connectivity index (χ0) is 27.3. The van der Waals surface area contributed by atoms with Gasteiger partial charge in [-0.3, -0.25) is 4.79 Å². The second-order valence-corrected chi connectivity index (χ2v) is 11.9. The van der Waals surface area contributed by atoms with Crippen LogP contribution in [0.3, 0.4) is 0 Å². The van der Waals surface area contributed by atoms with Gasteiger partial charge in [-0.2, -0.15) is 0 Å². The molecule has 0 saturated carbocycles. The molecule has 3 atom stereocenters. The Morgan fingerprint density at radius 2 is 1.90 bits per heavy atom. The predicted octanol–water partition coefficient (Wildman–Crippen LogP) is 4.50. The SMILES string of the molecule is Cc1nc(C)c(-c2csc(Nc3ccc(C(=O)N4[C@@H]5CC[C@H]4CN(c4ncc(F)c(C(C)O)n4)C5)cn3)n2)s1. The Hall–Kier alpha value is -3.55. The number of aliphatic hydroxyl groups is 1. The molecule has 2 N–H and O–H groups in total. The highest BCUT2D eigenvalue weighted by Crippen LogP contribution is 2.35. The van der Waals surface area contributed by atoms with Crippen molar-refractivity contribution in [2.75, 3.05) is 23.3 Å². The number of fused-ring (bicyclic) bond motifs is 2. The van der Waals surface area contributed by atoms with Crippen LogP contribution in [0.1, 0.15) is 52.6 Å². The number of aromatic nitrogens is 5. The van der Waals surface area contributed by atoms with Gasteiger partial charge < -0.3 is 20.2 Å². The topological polar surface area (TPSA) is 120 Å². The minimum Gasteiger partial charge on any atom is -0.387 e. The molecule has 2 saturated heterocycles. The molecule has 2 aliphatic rings. The standard InChI is InChI=1S/C26H27FN8O2S2/c1-13-23(39-15(3)30-13)20-12-38-26(31-20)32-21-7-4-16(8-28-21)24(37)35-17-5-6-18(35)11-34(10-17)25-29-9-19(27)22(33-25)14(2)36/h4,7-9,12,14,17-18,36H,5-6,10-11H2,1-3H3,(H,28,31,32)/t14?,17-,18+. The molecule has 0 spiro atoms. The molecule has 1 unspecified atom stereocenters. The first-order chi connectivity index (χ1) is 18.8. The maximum absolute atomic E-state index is 14.0. The van der Waals surface area contributed by atoms with Crippen LogP contribution in [0.25, 0.3) is 10.6 Å². The third-order valence-corrected chi connectivity index (χ3v) is 8.89. The maximum Gasteiger partial charge on any atom is 0.256 e. The third-order valence-electron chi connectivity index (χ3n) is 7.04. The van der Waals surface area contributed by atoms with Gasteiger partial charge in [0.1, 0.15) is 11.5 Å². The Morgan fingerprint density at radius 3 is 2.54 bits per heavy atom. The minimum atomic E-state index is -1.03. The molecule has 1 amide bonds. The molecule has 0 radical (unpaired) electrons. The van der Waals surface area contributed by atoms with Crippen molar-refractivity contribution in [3.8, 4) is 10.6 Å². The molecule has 0 aromatic carbocycles. The van der Waals surface area contributed by atoms with E-state index in [1.165, 1.54) is 18.3 Å². The van der Waals surface area contributed by atoms with Gasteiger partial charge in [-0.25, -0.2) is 29.3 Å². The molecule has 2 fully saturated rings. The number of nitrogens with zero attached hydrogens (tertiary/aromatic N) is 7. The predicted molar refractivity (Wildman–Crippen MR) is 148 cm³/mol. The number of amides is 1. The van der Waals surface area contributed by atoms with Crippen LogP contribution in [-0.2, 0) is 0 Å². The number of rotatable bonds is 6. The Morgan fingerprint density at radius 1 is 1.13 bits per heavy atom.